The smallest absolute Gasteiger partial charge is 0.408 e. The number of rotatable bonds is 3. The number of hydrogen-bond donors (Lipinski definition) is 2. The van der Waals surface area contributed by atoms with Crippen molar-refractivity contribution in [3.05, 3.63) is 34.3 Å². The van der Waals surface area contributed by atoms with Gasteiger partial charge in [0, 0.05) is 0 Å². The molecule has 1 aromatic carbocycles. The Kier molecular flexibility index (Phi) is 3.16. The summed E-state index contributed by atoms with van der Waals surface area (Å²) in [4.78, 5) is 13.8. The fourth-order valence-electron chi connectivity index (χ4n) is 2.80. The third-order valence-electron chi connectivity index (χ3n) is 3.75. The van der Waals surface area contributed by atoms with E-state index in [9.17, 15) is 4.79 Å². The molecule has 102 valence electrons. The van der Waals surface area contributed by atoms with E-state index in [1.54, 1.807) is 0 Å². The number of likely N-dealkylation sites (N-methyl/N-ethyl adjacent to an activating group) is 1. The van der Waals surface area contributed by atoms with Crippen LogP contribution in [0.5, 0.6) is 0 Å². The van der Waals surface area contributed by atoms with Crippen LogP contribution in [0.2, 0.25) is 0 Å². The summed E-state index contributed by atoms with van der Waals surface area (Å²) < 4.78 is 11.0. The lowest BCUT2D eigenvalue weighted by Crippen LogP contribution is -2.29. The SMILES string of the molecule is CNC(c1ccc2[nH]c(=O)oc2c1)C1CCC(C)O1. The van der Waals surface area contributed by atoms with Crippen LogP contribution in [0.25, 0.3) is 11.1 Å². The average Bonchev–Trinajstić information content (AvgIpc) is 2.95. The van der Waals surface area contributed by atoms with Gasteiger partial charge in [-0.05, 0) is 44.5 Å². The summed E-state index contributed by atoms with van der Waals surface area (Å²) in [5.41, 5.74) is 2.40. The lowest BCUT2D eigenvalue weighted by molar-refractivity contribution is 0.0333. The molecule has 0 aliphatic carbocycles. The van der Waals surface area contributed by atoms with Crippen molar-refractivity contribution < 1.29 is 9.15 Å². The summed E-state index contributed by atoms with van der Waals surface area (Å²) in [7, 11) is 1.93. The van der Waals surface area contributed by atoms with Crippen LogP contribution in [0.1, 0.15) is 31.4 Å². The zero-order valence-corrected chi connectivity index (χ0v) is 11.1. The standard InChI is InChI=1S/C14H18N2O3/c1-8-3-6-11(18-8)13(15-2)9-4-5-10-12(7-9)19-14(17)16-10/h4-5,7-8,11,13,15H,3,6H2,1-2H3,(H,16,17). The first-order chi connectivity index (χ1) is 9.17. The highest BCUT2D eigenvalue weighted by Gasteiger charge is 2.29. The lowest BCUT2D eigenvalue weighted by Gasteiger charge is -2.23. The van der Waals surface area contributed by atoms with Gasteiger partial charge in [-0.1, -0.05) is 6.07 Å². The molecule has 1 aromatic heterocycles. The van der Waals surface area contributed by atoms with Crippen molar-refractivity contribution in [2.75, 3.05) is 7.05 Å². The minimum absolute atomic E-state index is 0.120. The van der Waals surface area contributed by atoms with E-state index in [0.717, 1.165) is 23.9 Å². The van der Waals surface area contributed by atoms with E-state index in [-0.39, 0.29) is 12.1 Å². The van der Waals surface area contributed by atoms with Gasteiger partial charge in [-0.2, -0.15) is 0 Å². The first kappa shape index (κ1) is 12.4. The minimum Gasteiger partial charge on any atom is -0.408 e. The Bertz CT molecular complexity index is 631. The van der Waals surface area contributed by atoms with Crippen LogP contribution >= 0.6 is 0 Å². The van der Waals surface area contributed by atoms with Crippen molar-refractivity contribution in [1.82, 2.24) is 10.3 Å². The number of H-pyrrole nitrogens is 1. The average molecular weight is 262 g/mol. The van der Waals surface area contributed by atoms with Crippen molar-refractivity contribution in [3.63, 3.8) is 0 Å². The van der Waals surface area contributed by atoms with Crippen molar-refractivity contribution in [2.45, 2.75) is 38.0 Å². The third kappa shape index (κ3) is 2.31. The molecular formula is C14H18N2O3. The van der Waals surface area contributed by atoms with Crippen molar-refractivity contribution in [2.24, 2.45) is 0 Å². The number of benzene rings is 1. The van der Waals surface area contributed by atoms with Gasteiger partial charge in [0.25, 0.3) is 0 Å². The van der Waals surface area contributed by atoms with Crippen LogP contribution in [0.15, 0.2) is 27.4 Å². The van der Waals surface area contributed by atoms with Gasteiger partial charge >= 0.3 is 5.76 Å². The Morgan fingerprint density at radius 2 is 2.26 bits per heavy atom. The molecule has 0 amide bonds. The van der Waals surface area contributed by atoms with E-state index in [1.165, 1.54) is 0 Å². The van der Waals surface area contributed by atoms with Gasteiger partial charge in [-0.3, -0.25) is 4.98 Å². The fraction of sp³-hybridized carbons (Fsp3) is 0.500. The largest absolute Gasteiger partial charge is 0.417 e. The second-order valence-corrected chi connectivity index (χ2v) is 5.10. The maximum absolute atomic E-state index is 11.2. The number of fused-ring (bicyclic) bond motifs is 1. The van der Waals surface area contributed by atoms with Crippen LogP contribution in [0, 0.1) is 0 Å². The molecule has 0 spiro atoms. The molecule has 0 saturated carbocycles. The van der Waals surface area contributed by atoms with Crippen LogP contribution < -0.4 is 11.1 Å². The summed E-state index contributed by atoms with van der Waals surface area (Å²) >= 11 is 0. The Hall–Kier alpha value is -1.59. The van der Waals surface area contributed by atoms with Gasteiger partial charge in [0.05, 0.1) is 23.8 Å². The summed E-state index contributed by atoms with van der Waals surface area (Å²) in [6.07, 6.45) is 2.62. The molecule has 2 heterocycles. The van der Waals surface area contributed by atoms with Crippen LogP contribution in [-0.2, 0) is 4.74 Å². The molecular weight excluding hydrogens is 244 g/mol. The van der Waals surface area contributed by atoms with Gasteiger partial charge in [-0.15, -0.1) is 0 Å². The highest BCUT2D eigenvalue weighted by Crippen LogP contribution is 2.30. The first-order valence-corrected chi connectivity index (χ1v) is 6.63. The topological polar surface area (TPSA) is 67.3 Å². The van der Waals surface area contributed by atoms with E-state index >= 15 is 0 Å². The second-order valence-electron chi connectivity index (χ2n) is 5.10. The Morgan fingerprint density at radius 1 is 1.42 bits per heavy atom. The molecule has 5 nitrogen and oxygen atoms in total. The number of hydrogen-bond acceptors (Lipinski definition) is 4. The van der Waals surface area contributed by atoms with Gasteiger partial charge in [-0.25, -0.2) is 4.79 Å². The number of nitrogens with one attached hydrogen (secondary N) is 2. The van der Waals surface area contributed by atoms with Crippen molar-refractivity contribution in [3.8, 4) is 0 Å². The van der Waals surface area contributed by atoms with E-state index in [2.05, 4.69) is 17.2 Å². The van der Waals surface area contributed by atoms with E-state index in [0.29, 0.717) is 11.7 Å². The van der Waals surface area contributed by atoms with Crippen LogP contribution in [0.4, 0.5) is 0 Å². The van der Waals surface area contributed by atoms with E-state index in [1.807, 2.05) is 25.2 Å². The third-order valence-corrected chi connectivity index (χ3v) is 3.75. The molecule has 5 heteroatoms. The number of ether oxygens (including phenoxy) is 1. The van der Waals surface area contributed by atoms with Crippen molar-refractivity contribution in [1.29, 1.82) is 0 Å². The molecule has 2 N–H and O–H groups in total. The summed E-state index contributed by atoms with van der Waals surface area (Å²) in [5, 5.41) is 3.30. The quantitative estimate of drug-likeness (QED) is 0.887. The highest BCUT2D eigenvalue weighted by molar-refractivity contribution is 5.72. The predicted octanol–water partition coefficient (Wildman–Crippen LogP) is 1.95. The predicted molar refractivity (Wildman–Crippen MR) is 72.2 cm³/mol. The van der Waals surface area contributed by atoms with Gasteiger partial charge in [0.1, 0.15) is 0 Å². The Labute approximate surface area is 111 Å². The van der Waals surface area contributed by atoms with Gasteiger partial charge in [0.15, 0.2) is 5.58 Å². The molecule has 2 aromatic rings. The summed E-state index contributed by atoms with van der Waals surface area (Å²) in [6, 6.07) is 5.90. The van der Waals surface area contributed by atoms with Gasteiger partial charge < -0.3 is 14.5 Å². The molecule has 19 heavy (non-hydrogen) atoms. The molecule has 3 unspecified atom stereocenters. The normalized spacial score (nSPS) is 24.9. The van der Waals surface area contributed by atoms with Crippen molar-refractivity contribution >= 4 is 11.1 Å². The molecule has 3 rings (SSSR count). The molecule has 1 aliphatic rings. The molecule has 1 fully saturated rings. The fourth-order valence-corrected chi connectivity index (χ4v) is 2.80. The number of aromatic nitrogens is 1. The maximum atomic E-state index is 11.2. The Morgan fingerprint density at radius 3 is 2.95 bits per heavy atom. The molecule has 1 aliphatic heterocycles. The second kappa shape index (κ2) is 4.83. The zero-order valence-electron chi connectivity index (χ0n) is 11.1. The molecule has 0 radical (unpaired) electrons. The number of aromatic amines is 1. The number of oxazole rings is 1. The zero-order chi connectivity index (χ0) is 13.4. The van der Waals surface area contributed by atoms with Gasteiger partial charge in [0.2, 0.25) is 0 Å². The van der Waals surface area contributed by atoms with Crippen LogP contribution in [0.3, 0.4) is 0 Å². The highest BCUT2D eigenvalue weighted by atomic mass is 16.5. The minimum atomic E-state index is -0.418. The molecule has 3 atom stereocenters. The van der Waals surface area contributed by atoms with E-state index < -0.39 is 5.76 Å². The Balaban J connectivity index is 1.94. The maximum Gasteiger partial charge on any atom is 0.417 e. The molecule has 0 bridgehead atoms. The summed E-state index contributed by atoms with van der Waals surface area (Å²) in [5.74, 6) is -0.418. The lowest BCUT2D eigenvalue weighted by atomic mass is 9.99. The monoisotopic (exact) mass is 262 g/mol. The van der Waals surface area contributed by atoms with E-state index in [4.69, 9.17) is 9.15 Å². The summed E-state index contributed by atoms with van der Waals surface area (Å²) in [6.45, 7) is 2.10. The van der Waals surface area contributed by atoms with Crippen LogP contribution in [-0.4, -0.2) is 24.2 Å². The molecule has 1 saturated heterocycles. The first-order valence-electron chi connectivity index (χ1n) is 6.63.